The lowest BCUT2D eigenvalue weighted by molar-refractivity contribution is -0.141. The van der Waals surface area contributed by atoms with Crippen LogP contribution in [0.3, 0.4) is 0 Å². The highest BCUT2D eigenvalue weighted by Crippen LogP contribution is 2.35. The summed E-state index contributed by atoms with van der Waals surface area (Å²) in [6.07, 6.45) is -4.73. The Balaban J connectivity index is 1.87. The van der Waals surface area contributed by atoms with Gasteiger partial charge in [0.05, 0.1) is 10.7 Å². The Kier molecular flexibility index (Phi) is 6.98. The molecule has 1 N–H and O–H groups in total. The van der Waals surface area contributed by atoms with Crippen molar-refractivity contribution in [1.29, 1.82) is 0 Å². The maximum Gasteiger partial charge on any atom is 0.435 e. The number of hydrogen-bond acceptors (Lipinski definition) is 5. The van der Waals surface area contributed by atoms with Crippen molar-refractivity contribution < 1.29 is 22.8 Å². The fourth-order valence-corrected chi connectivity index (χ4v) is 3.76. The summed E-state index contributed by atoms with van der Waals surface area (Å²) in [6.45, 7) is 7.04. The number of nitrogens with one attached hydrogen (secondary N) is 1. The van der Waals surface area contributed by atoms with Crippen molar-refractivity contribution in [2.75, 3.05) is 5.32 Å². The van der Waals surface area contributed by atoms with Crippen LogP contribution in [0.2, 0.25) is 0 Å². The normalized spacial score (nSPS) is 12.2. The number of benzene rings is 2. The van der Waals surface area contributed by atoms with E-state index in [-0.39, 0.29) is 11.1 Å². The third-order valence-corrected chi connectivity index (χ3v) is 5.37. The van der Waals surface area contributed by atoms with Crippen molar-refractivity contribution in [2.45, 2.75) is 40.0 Å². The number of aryl methyl sites for hydroxylation is 1. The fraction of sp³-hybridized carbons (Fsp3) is 0.261. The Bertz CT molecular complexity index is 1140. The fourth-order valence-electron chi connectivity index (χ4n) is 2.92. The second kappa shape index (κ2) is 9.52. The second-order valence-electron chi connectivity index (χ2n) is 7.32. The van der Waals surface area contributed by atoms with Crippen LogP contribution in [0.1, 0.15) is 46.7 Å². The van der Waals surface area contributed by atoms with Gasteiger partial charge in [0.15, 0.2) is 5.69 Å². The van der Waals surface area contributed by atoms with Gasteiger partial charge in [0.2, 0.25) is 0 Å². The van der Waals surface area contributed by atoms with E-state index >= 15 is 0 Å². The molecule has 3 rings (SSSR count). The molecule has 0 saturated heterocycles. The minimum atomic E-state index is -4.70. The average Bonchev–Trinajstić information content (AvgIpc) is 3.15. The maximum absolute atomic E-state index is 13.3. The molecule has 0 bridgehead atoms. The molecular formula is C23H22F3N3O2S. The van der Waals surface area contributed by atoms with Crippen LogP contribution in [0.4, 0.5) is 18.9 Å². The van der Waals surface area contributed by atoms with E-state index in [1.165, 1.54) is 6.92 Å². The average molecular weight is 462 g/mol. The van der Waals surface area contributed by atoms with E-state index in [0.717, 1.165) is 11.1 Å². The van der Waals surface area contributed by atoms with E-state index in [9.17, 15) is 18.0 Å². The number of oxime groups is 1. The van der Waals surface area contributed by atoms with Crippen LogP contribution in [0.15, 0.2) is 53.7 Å². The summed E-state index contributed by atoms with van der Waals surface area (Å²) in [6, 6.07) is 14.4. The molecule has 168 valence electrons. The first-order valence-corrected chi connectivity index (χ1v) is 10.6. The third kappa shape index (κ3) is 5.53. The summed E-state index contributed by atoms with van der Waals surface area (Å²) in [4.78, 5) is 21.0. The van der Waals surface area contributed by atoms with E-state index in [2.05, 4.69) is 15.5 Å². The Labute approximate surface area is 187 Å². The number of halogens is 3. The number of para-hydroxylation sites is 1. The molecule has 0 aliphatic heterocycles. The summed E-state index contributed by atoms with van der Waals surface area (Å²) in [5.41, 5.74) is 2.28. The van der Waals surface area contributed by atoms with Crippen LogP contribution in [0.25, 0.3) is 11.1 Å². The Morgan fingerprint density at radius 1 is 1.12 bits per heavy atom. The molecule has 0 aliphatic rings. The molecule has 0 spiro atoms. The second-order valence-corrected chi connectivity index (χ2v) is 8.52. The van der Waals surface area contributed by atoms with E-state index in [0.29, 0.717) is 28.3 Å². The SMILES string of the molecule is CC(=NOC(C)C)c1ccc(-c2ccccc2NC(=O)c2sc(C)nc2C(F)(F)F)cc1. The molecule has 1 heterocycles. The maximum atomic E-state index is 13.3. The highest BCUT2D eigenvalue weighted by atomic mass is 32.1. The van der Waals surface area contributed by atoms with Crippen LogP contribution in [-0.2, 0) is 11.0 Å². The molecule has 0 saturated carbocycles. The van der Waals surface area contributed by atoms with Crippen molar-refractivity contribution in [3.8, 4) is 11.1 Å². The Morgan fingerprint density at radius 3 is 2.41 bits per heavy atom. The van der Waals surface area contributed by atoms with Gasteiger partial charge in [-0.2, -0.15) is 13.2 Å². The molecule has 0 aliphatic carbocycles. The number of aromatic nitrogens is 1. The molecule has 9 heteroatoms. The standard InChI is InChI=1S/C23H22F3N3O2S/c1-13(2)31-29-14(3)16-9-11-17(12-10-16)18-7-5-6-8-19(18)28-22(30)20-21(23(24,25)26)27-15(4)32-20/h5-13H,1-4H3,(H,28,30). The number of hydrogen-bond donors (Lipinski definition) is 1. The first kappa shape index (κ1) is 23.5. The topological polar surface area (TPSA) is 63.6 Å². The molecule has 1 aromatic heterocycles. The molecule has 0 unspecified atom stereocenters. The molecule has 5 nitrogen and oxygen atoms in total. The van der Waals surface area contributed by atoms with Crippen LogP contribution < -0.4 is 5.32 Å². The van der Waals surface area contributed by atoms with Crippen LogP contribution in [0.5, 0.6) is 0 Å². The van der Waals surface area contributed by atoms with E-state index in [1.54, 1.807) is 24.3 Å². The zero-order chi connectivity index (χ0) is 23.5. The van der Waals surface area contributed by atoms with Gasteiger partial charge >= 0.3 is 6.18 Å². The van der Waals surface area contributed by atoms with Gasteiger partial charge in [-0.3, -0.25) is 4.79 Å². The number of thiazole rings is 1. The van der Waals surface area contributed by atoms with Gasteiger partial charge in [-0.05, 0) is 44.9 Å². The minimum absolute atomic E-state index is 0.0279. The Morgan fingerprint density at radius 2 is 1.78 bits per heavy atom. The number of carbonyl (C=O) groups excluding carboxylic acids is 1. The number of anilines is 1. The zero-order valence-corrected chi connectivity index (χ0v) is 18.8. The smallest absolute Gasteiger partial charge is 0.393 e. The molecule has 0 radical (unpaired) electrons. The quantitative estimate of drug-likeness (QED) is 0.335. The van der Waals surface area contributed by atoms with Crippen molar-refractivity contribution >= 4 is 28.6 Å². The number of nitrogens with zero attached hydrogens (tertiary/aromatic N) is 2. The molecule has 0 atom stereocenters. The van der Waals surface area contributed by atoms with Gasteiger partial charge in [-0.1, -0.05) is 47.6 Å². The largest absolute Gasteiger partial charge is 0.435 e. The van der Waals surface area contributed by atoms with Crippen LogP contribution in [-0.4, -0.2) is 22.7 Å². The van der Waals surface area contributed by atoms with Gasteiger partial charge in [-0.25, -0.2) is 4.98 Å². The van der Waals surface area contributed by atoms with Crippen LogP contribution in [0, 0.1) is 6.92 Å². The molecule has 2 aromatic carbocycles. The summed E-state index contributed by atoms with van der Waals surface area (Å²) in [7, 11) is 0. The number of alkyl halides is 3. The predicted molar refractivity (Wildman–Crippen MR) is 120 cm³/mol. The first-order valence-electron chi connectivity index (χ1n) is 9.82. The highest BCUT2D eigenvalue weighted by Gasteiger charge is 2.39. The number of amides is 1. The zero-order valence-electron chi connectivity index (χ0n) is 17.9. The van der Waals surface area contributed by atoms with Crippen molar-refractivity contribution in [3.05, 3.63) is 69.7 Å². The van der Waals surface area contributed by atoms with E-state index < -0.39 is 22.7 Å². The lowest BCUT2D eigenvalue weighted by Gasteiger charge is -2.12. The summed E-state index contributed by atoms with van der Waals surface area (Å²) in [5.74, 6) is -0.846. The van der Waals surface area contributed by atoms with Crippen molar-refractivity contribution in [1.82, 2.24) is 4.98 Å². The molecule has 0 fully saturated rings. The lowest BCUT2D eigenvalue weighted by atomic mass is 10.0. The van der Waals surface area contributed by atoms with Crippen LogP contribution >= 0.6 is 11.3 Å². The minimum Gasteiger partial charge on any atom is -0.393 e. The van der Waals surface area contributed by atoms with Crippen molar-refractivity contribution in [3.63, 3.8) is 0 Å². The van der Waals surface area contributed by atoms with Crippen molar-refractivity contribution in [2.24, 2.45) is 5.16 Å². The van der Waals surface area contributed by atoms with Gasteiger partial charge in [0.1, 0.15) is 11.0 Å². The van der Waals surface area contributed by atoms with Gasteiger partial charge in [-0.15, -0.1) is 11.3 Å². The third-order valence-electron chi connectivity index (χ3n) is 4.40. The molecular weight excluding hydrogens is 439 g/mol. The molecule has 32 heavy (non-hydrogen) atoms. The number of carbonyl (C=O) groups is 1. The summed E-state index contributed by atoms with van der Waals surface area (Å²) < 4.78 is 39.8. The number of rotatable bonds is 6. The summed E-state index contributed by atoms with van der Waals surface area (Å²) >= 11 is 0.714. The monoisotopic (exact) mass is 461 g/mol. The summed E-state index contributed by atoms with van der Waals surface area (Å²) in [5, 5.41) is 6.86. The molecule has 1 amide bonds. The lowest BCUT2D eigenvalue weighted by Crippen LogP contribution is -2.17. The molecule has 3 aromatic rings. The van der Waals surface area contributed by atoms with Gasteiger partial charge in [0.25, 0.3) is 5.91 Å². The van der Waals surface area contributed by atoms with Gasteiger partial charge < -0.3 is 10.2 Å². The van der Waals surface area contributed by atoms with E-state index in [1.807, 2.05) is 45.0 Å². The Hall–Kier alpha value is -3.20. The van der Waals surface area contributed by atoms with E-state index in [4.69, 9.17) is 4.84 Å². The van der Waals surface area contributed by atoms with Gasteiger partial charge in [0, 0.05) is 11.3 Å². The first-order chi connectivity index (χ1) is 15.1. The highest BCUT2D eigenvalue weighted by molar-refractivity contribution is 7.13. The predicted octanol–water partition coefficient (Wildman–Crippen LogP) is 6.54.